The number of primary amides is 1. The van der Waals surface area contributed by atoms with Gasteiger partial charge in [0.05, 0.1) is 22.6 Å². The van der Waals surface area contributed by atoms with Crippen LogP contribution in [0.4, 0.5) is 24.7 Å². The van der Waals surface area contributed by atoms with Crippen molar-refractivity contribution in [2.24, 2.45) is 5.73 Å². The van der Waals surface area contributed by atoms with Crippen LogP contribution in [0.1, 0.15) is 32.0 Å². The fourth-order valence-corrected chi connectivity index (χ4v) is 5.22. The topological polar surface area (TPSA) is 164 Å². The molecular formula is C26H28ClF3N8O4S. The number of nitrogens with zero attached hydrogens (tertiary/aromatic N) is 4. The number of hydrogen-bond acceptors (Lipinski definition) is 10. The summed E-state index contributed by atoms with van der Waals surface area (Å²) in [6, 6.07) is 6.95. The monoisotopic (exact) mass is 640 g/mol. The summed E-state index contributed by atoms with van der Waals surface area (Å²) in [6.45, 7) is 5.40. The van der Waals surface area contributed by atoms with Crippen LogP contribution in [0.15, 0.2) is 67.0 Å². The van der Waals surface area contributed by atoms with Crippen LogP contribution < -0.4 is 25.9 Å². The van der Waals surface area contributed by atoms with E-state index in [-0.39, 0.29) is 23.6 Å². The minimum absolute atomic E-state index is 0.187. The second-order valence-electron chi connectivity index (χ2n) is 10.5. The van der Waals surface area contributed by atoms with E-state index in [2.05, 4.69) is 25.7 Å². The van der Waals surface area contributed by atoms with Crippen LogP contribution in [0.5, 0.6) is 5.75 Å². The second kappa shape index (κ2) is 11.9. The lowest BCUT2D eigenvalue weighted by molar-refractivity contribution is -0.124. The quantitative estimate of drug-likeness (QED) is 0.257. The molecule has 0 aliphatic carbocycles. The lowest BCUT2D eigenvalue weighted by Crippen LogP contribution is -2.57. The van der Waals surface area contributed by atoms with Crippen molar-refractivity contribution in [2.75, 3.05) is 15.8 Å². The molecule has 230 valence electrons. The van der Waals surface area contributed by atoms with Crippen LogP contribution in [-0.2, 0) is 27.0 Å². The first-order valence-corrected chi connectivity index (χ1v) is 14.6. The number of carbonyl (C=O) groups is 1. The molecule has 0 saturated carbocycles. The molecule has 17 heteroatoms. The minimum atomic E-state index is -4.99. The van der Waals surface area contributed by atoms with Gasteiger partial charge in [0.2, 0.25) is 15.9 Å². The van der Waals surface area contributed by atoms with Gasteiger partial charge in [-0.25, -0.2) is 18.8 Å². The number of amides is 1. The lowest BCUT2D eigenvalue weighted by atomic mass is 9.89. The van der Waals surface area contributed by atoms with Crippen LogP contribution in [-0.4, -0.2) is 51.8 Å². The fourth-order valence-electron chi connectivity index (χ4n) is 4.10. The van der Waals surface area contributed by atoms with Crippen molar-refractivity contribution < 1.29 is 31.1 Å². The zero-order valence-corrected chi connectivity index (χ0v) is 24.7. The number of nitrogens with one attached hydrogen (secondary N) is 3. The van der Waals surface area contributed by atoms with Gasteiger partial charge in [-0.3, -0.25) is 24.5 Å². The third-order valence-corrected chi connectivity index (χ3v) is 7.44. The summed E-state index contributed by atoms with van der Waals surface area (Å²) in [5.41, 5.74) is 7.01. The van der Waals surface area contributed by atoms with E-state index in [1.54, 1.807) is 17.1 Å². The van der Waals surface area contributed by atoms with Crippen LogP contribution in [0.25, 0.3) is 0 Å². The Balaban J connectivity index is 1.79. The smallest absolute Gasteiger partial charge is 0.404 e. The standard InChI is InChI=1S/C26H28ClF3N8O4S/c1-24(2,3)38-22(35-21-13-32-8-9-33-21)11-25(37-38,23(31)39)16-4-7-19(36-43(40,41)15-26(28,29)30)20(10-16)42-14-18-6-5-17(27)12-34-18/h4-13,36-37H,14-15H2,1-3H3,(H2,31,39)(H,33,35). The Kier molecular flexibility index (Phi) is 8.76. The SMILES string of the molecule is CC(C)(C)N1NC(C(N)=O)(c2ccc(NS(=O)(=O)CC(F)(F)F)c(OCc3ccc(Cl)cn3)c2)C=C1Nc1cnccn1. The average molecular weight is 641 g/mol. The predicted molar refractivity (Wildman–Crippen MR) is 153 cm³/mol. The van der Waals surface area contributed by atoms with E-state index in [0.717, 1.165) is 0 Å². The second-order valence-corrected chi connectivity index (χ2v) is 12.6. The van der Waals surface area contributed by atoms with Gasteiger partial charge in [0.1, 0.15) is 24.0 Å². The molecule has 0 spiro atoms. The lowest BCUT2D eigenvalue weighted by Gasteiger charge is -2.38. The molecule has 1 aromatic carbocycles. The van der Waals surface area contributed by atoms with Gasteiger partial charge in [0.15, 0.2) is 11.3 Å². The highest BCUT2D eigenvalue weighted by molar-refractivity contribution is 7.92. The first kappa shape index (κ1) is 31.8. The molecule has 5 N–H and O–H groups in total. The van der Waals surface area contributed by atoms with Gasteiger partial charge in [-0.1, -0.05) is 17.7 Å². The Morgan fingerprint density at radius 3 is 2.47 bits per heavy atom. The fraction of sp³-hybridized carbons (Fsp3) is 0.308. The summed E-state index contributed by atoms with van der Waals surface area (Å²) in [4.78, 5) is 25.5. The van der Waals surface area contributed by atoms with Gasteiger partial charge in [0, 0.05) is 24.1 Å². The largest absolute Gasteiger partial charge is 0.485 e. The van der Waals surface area contributed by atoms with E-state index in [4.69, 9.17) is 22.1 Å². The molecule has 12 nitrogen and oxygen atoms in total. The van der Waals surface area contributed by atoms with Crippen LogP contribution >= 0.6 is 11.6 Å². The predicted octanol–water partition coefficient (Wildman–Crippen LogP) is 3.66. The zero-order valence-electron chi connectivity index (χ0n) is 23.1. The van der Waals surface area contributed by atoms with Crippen molar-refractivity contribution in [1.29, 1.82) is 0 Å². The van der Waals surface area contributed by atoms with E-state index in [1.165, 1.54) is 49.1 Å². The third-order valence-electron chi connectivity index (χ3n) is 5.98. The van der Waals surface area contributed by atoms with Crippen LogP contribution in [0.2, 0.25) is 5.02 Å². The van der Waals surface area contributed by atoms with Crippen molar-refractivity contribution in [3.8, 4) is 5.75 Å². The third kappa shape index (κ3) is 7.82. The molecule has 1 unspecified atom stereocenters. The highest BCUT2D eigenvalue weighted by Gasteiger charge is 2.47. The number of rotatable bonds is 10. The van der Waals surface area contributed by atoms with Gasteiger partial charge in [0.25, 0.3) is 0 Å². The normalized spacial score (nSPS) is 17.4. The number of ether oxygens (including phenoxy) is 1. The van der Waals surface area contributed by atoms with Crippen molar-refractivity contribution in [3.63, 3.8) is 0 Å². The van der Waals surface area contributed by atoms with E-state index in [9.17, 15) is 26.4 Å². The molecule has 1 aliphatic heterocycles. The van der Waals surface area contributed by atoms with Crippen molar-refractivity contribution >= 4 is 39.0 Å². The molecule has 0 saturated heterocycles. The minimum Gasteiger partial charge on any atom is -0.485 e. The highest BCUT2D eigenvalue weighted by Crippen LogP contribution is 2.39. The number of nitrogens with two attached hydrogens (primary N) is 1. The summed E-state index contributed by atoms with van der Waals surface area (Å²) < 4.78 is 71.2. The van der Waals surface area contributed by atoms with Gasteiger partial charge in [-0.05, 0) is 56.7 Å². The van der Waals surface area contributed by atoms with Crippen LogP contribution in [0, 0.1) is 0 Å². The molecule has 3 heterocycles. The van der Waals surface area contributed by atoms with E-state index in [1.807, 2.05) is 25.5 Å². The van der Waals surface area contributed by atoms with E-state index in [0.29, 0.717) is 22.4 Å². The molecule has 1 atom stereocenters. The Morgan fingerprint density at radius 2 is 1.88 bits per heavy atom. The molecule has 3 aromatic rings. The van der Waals surface area contributed by atoms with E-state index < -0.39 is 38.9 Å². The first-order chi connectivity index (χ1) is 20.0. The summed E-state index contributed by atoms with van der Waals surface area (Å²) >= 11 is 5.88. The molecule has 4 rings (SSSR count). The molecule has 2 aromatic heterocycles. The number of alkyl halides is 3. The molecule has 0 radical (unpaired) electrons. The van der Waals surface area contributed by atoms with Gasteiger partial charge < -0.3 is 15.8 Å². The molecule has 43 heavy (non-hydrogen) atoms. The van der Waals surface area contributed by atoms with Gasteiger partial charge in [-0.2, -0.15) is 13.2 Å². The van der Waals surface area contributed by atoms with Crippen LogP contribution in [0.3, 0.4) is 0 Å². The summed E-state index contributed by atoms with van der Waals surface area (Å²) in [5.74, 6) is -2.37. The number of pyridine rings is 1. The summed E-state index contributed by atoms with van der Waals surface area (Å²) in [7, 11) is -4.88. The van der Waals surface area contributed by atoms with Crippen molar-refractivity contribution in [3.05, 3.63) is 83.3 Å². The molecule has 1 amide bonds. The Labute approximate surface area is 250 Å². The van der Waals surface area contributed by atoms with Gasteiger partial charge >= 0.3 is 6.18 Å². The average Bonchev–Trinajstić information content (AvgIpc) is 3.29. The Hall–Kier alpha value is -4.15. The Morgan fingerprint density at radius 1 is 1.14 bits per heavy atom. The molecule has 0 bridgehead atoms. The number of carbonyl (C=O) groups excluding carboxylic acids is 1. The number of aromatic nitrogens is 3. The Bertz CT molecular complexity index is 1620. The number of benzene rings is 1. The molecule has 0 fully saturated rings. The number of hydrogen-bond donors (Lipinski definition) is 4. The number of sulfonamides is 1. The summed E-state index contributed by atoms with van der Waals surface area (Å²) in [6.07, 6.45) is 2.34. The zero-order chi connectivity index (χ0) is 31.6. The maximum Gasteiger partial charge on any atom is 0.404 e. The van der Waals surface area contributed by atoms with Gasteiger partial charge in [-0.15, -0.1) is 0 Å². The number of anilines is 2. The van der Waals surface area contributed by atoms with Crippen molar-refractivity contribution in [1.82, 2.24) is 25.4 Å². The molecular weight excluding hydrogens is 613 g/mol. The summed E-state index contributed by atoms with van der Waals surface area (Å²) in [5, 5.41) is 5.12. The highest BCUT2D eigenvalue weighted by atomic mass is 35.5. The number of halogens is 4. The maximum absolute atomic E-state index is 13.1. The maximum atomic E-state index is 13.1. The first-order valence-electron chi connectivity index (χ1n) is 12.6. The van der Waals surface area contributed by atoms with E-state index >= 15 is 0 Å². The van der Waals surface area contributed by atoms with Crippen molar-refractivity contribution in [2.45, 2.75) is 44.6 Å². The number of hydrazine groups is 1. The molecule has 1 aliphatic rings.